The molecule has 4 rings (SSSR count). The molecule has 146 valence electrons. The molecule has 0 radical (unpaired) electrons. The van der Waals surface area contributed by atoms with Crippen molar-refractivity contribution in [2.45, 2.75) is 23.8 Å². The number of anilines is 1. The smallest absolute Gasteiger partial charge is 0.255 e. The highest BCUT2D eigenvalue weighted by molar-refractivity contribution is 7.98. The minimum atomic E-state index is -0.587. The third kappa shape index (κ3) is 4.44. The minimum absolute atomic E-state index is 0.196. The fourth-order valence-electron chi connectivity index (χ4n) is 2.89. The Morgan fingerprint density at radius 3 is 2.93 bits per heavy atom. The number of carbonyl (C=O) groups excluding carboxylic acids is 1. The van der Waals surface area contributed by atoms with Crippen LogP contribution < -0.4 is 5.32 Å². The third-order valence-electron chi connectivity index (χ3n) is 4.40. The molecule has 0 aliphatic rings. The van der Waals surface area contributed by atoms with E-state index in [1.165, 1.54) is 6.33 Å². The average Bonchev–Trinajstić information content (AvgIpc) is 3.22. The Morgan fingerprint density at radius 2 is 2.07 bits per heavy atom. The van der Waals surface area contributed by atoms with Crippen LogP contribution in [0.15, 0.2) is 66.1 Å². The van der Waals surface area contributed by atoms with Crippen molar-refractivity contribution in [1.29, 1.82) is 0 Å². The van der Waals surface area contributed by atoms with Crippen molar-refractivity contribution in [3.8, 4) is 0 Å². The number of rotatable bonds is 6. The highest BCUT2D eigenvalue weighted by Gasteiger charge is 2.10. The van der Waals surface area contributed by atoms with E-state index >= 15 is 0 Å². The van der Waals surface area contributed by atoms with Crippen molar-refractivity contribution in [2.24, 2.45) is 0 Å². The van der Waals surface area contributed by atoms with Crippen LogP contribution in [0.3, 0.4) is 0 Å². The van der Waals surface area contributed by atoms with Gasteiger partial charge >= 0.3 is 0 Å². The predicted molar refractivity (Wildman–Crippen MR) is 113 cm³/mol. The third-order valence-corrected chi connectivity index (χ3v) is 5.48. The SMILES string of the molecule is CC(O)c1cccc(NC(=O)c2cccc(CSc3ncnc4[nH]ncc34)c2)c1. The molecule has 8 heteroatoms. The zero-order valence-electron chi connectivity index (χ0n) is 15.7. The van der Waals surface area contributed by atoms with Crippen molar-refractivity contribution in [1.82, 2.24) is 20.2 Å². The number of H-pyrrole nitrogens is 1. The summed E-state index contributed by atoms with van der Waals surface area (Å²) >= 11 is 1.57. The van der Waals surface area contributed by atoms with Gasteiger partial charge in [0.1, 0.15) is 11.4 Å². The fraction of sp³-hybridized carbons (Fsp3) is 0.143. The number of nitrogens with zero attached hydrogens (tertiary/aromatic N) is 3. The van der Waals surface area contributed by atoms with E-state index < -0.39 is 6.10 Å². The van der Waals surface area contributed by atoms with Gasteiger partial charge in [0.2, 0.25) is 0 Å². The predicted octanol–water partition coefficient (Wildman–Crippen LogP) is 3.95. The molecule has 0 bridgehead atoms. The highest BCUT2D eigenvalue weighted by atomic mass is 32.2. The molecule has 3 N–H and O–H groups in total. The van der Waals surface area contributed by atoms with E-state index in [-0.39, 0.29) is 5.91 Å². The second-order valence-electron chi connectivity index (χ2n) is 6.56. The molecule has 0 spiro atoms. The summed E-state index contributed by atoms with van der Waals surface area (Å²) in [6, 6.07) is 14.7. The number of thioether (sulfide) groups is 1. The van der Waals surface area contributed by atoms with E-state index in [0.717, 1.165) is 21.5 Å². The lowest BCUT2D eigenvalue weighted by atomic mass is 10.1. The maximum Gasteiger partial charge on any atom is 0.255 e. The second kappa shape index (κ2) is 8.42. The van der Waals surface area contributed by atoms with Gasteiger partial charge in [0.25, 0.3) is 5.91 Å². The fourth-order valence-corrected chi connectivity index (χ4v) is 3.80. The van der Waals surface area contributed by atoms with Gasteiger partial charge in [-0.1, -0.05) is 24.3 Å². The second-order valence-corrected chi connectivity index (χ2v) is 7.52. The van der Waals surface area contributed by atoms with Gasteiger partial charge < -0.3 is 10.4 Å². The summed E-state index contributed by atoms with van der Waals surface area (Å²) < 4.78 is 0. The number of amides is 1. The zero-order valence-corrected chi connectivity index (χ0v) is 16.5. The molecule has 0 fully saturated rings. The maximum atomic E-state index is 12.6. The molecule has 29 heavy (non-hydrogen) atoms. The number of aromatic nitrogens is 4. The normalized spacial score (nSPS) is 12.1. The van der Waals surface area contributed by atoms with Crippen molar-refractivity contribution < 1.29 is 9.90 Å². The number of aliphatic hydroxyl groups excluding tert-OH is 1. The van der Waals surface area contributed by atoms with Crippen LogP contribution in [0.2, 0.25) is 0 Å². The van der Waals surface area contributed by atoms with Crippen LogP contribution >= 0.6 is 11.8 Å². The Kier molecular flexibility index (Phi) is 5.55. The van der Waals surface area contributed by atoms with E-state index in [4.69, 9.17) is 0 Å². The van der Waals surface area contributed by atoms with Crippen LogP contribution in [0.25, 0.3) is 11.0 Å². The maximum absolute atomic E-state index is 12.6. The van der Waals surface area contributed by atoms with Crippen LogP contribution in [0.1, 0.15) is 34.5 Å². The molecule has 0 saturated heterocycles. The number of carbonyl (C=O) groups is 1. The number of nitrogens with one attached hydrogen (secondary N) is 2. The summed E-state index contributed by atoms with van der Waals surface area (Å²) in [5, 5.41) is 21.2. The zero-order chi connectivity index (χ0) is 20.2. The van der Waals surface area contributed by atoms with Gasteiger partial charge in [-0.25, -0.2) is 9.97 Å². The van der Waals surface area contributed by atoms with Crippen LogP contribution in [-0.2, 0) is 5.75 Å². The number of hydrogen-bond donors (Lipinski definition) is 3. The molecular weight excluding hydrogens is 386 g/mol. The minimum Gasteiger partial charge on any atom is -0.389 e. The standard InChI is InChI=1S/C21H19N5O2S/c1-13(27)15-5-3-7-17(9-15)25-20(28)16-6-2-4-14(8-16)11-29-21-18-10-24-26-19(18)22-12-23-21/h2-10,12-13,27H,11H2,1H3,(H,25,28)(H,22,23,24,26). The monoisotopic (exact) mass is 405 g/mol. The molecule has 4 aromatic rings. The number of benzene rings is 2. The van der Waals surface area contributed by atoms with E-state index in [2.05, 4.69) is 25.5 Å². The summed E-state index contributed by atoms with van der Waals surface area (Å²) in [4.78, 5) is 21.1. The average molecular weight is 405 g/mol. The molecule has 1 amide bonds. The van der Waals surface area contributed by atoms with Gasteiger partial charge in [0.15, 0.2) is 5.65 Å². The Labute approximate surface area is 171 Å². The summed E-state index contributed by atoms with van der Waals surface area (Å²) in [5.41, 5.74) is 3.69. The first-order valence-corrected chi connectivity index (χ1v) is 10.0. The van der Waals surface area contributed by atoms with Gasteiger partial charge in [-0.3, -0.25) is 9.89 Å². The van der Waals surface area contributed by atoms with Crippen molar-refractivity contribution in [3.63, 3.8) is 0 Å². The van der Waals surface area contributed by atoms with Crippen LogP contribution in [0.4, 0.5) is 5.69 Å². The molecule has 0 aliphatic carbocycles. The van der Waals surface area contributed by atoms with Gasteiger partial charge in [-0.05, 0) is 42.3 Å². The van der Waals surface area contributed by atoms with E-state index in [1.807, 2.05) is 30.3 Å². The Hall–Kier alpha value is -3.23. The number of aromatic amines is 1. The summed E-state index contributed by atoms with van der Waals surface area (Å²) in [6.07, 6.45) is 2.63. The molecule has 0 saturated carbocycles. The number of fused-ring (bicyclic) bond motifs is 1. The summed E-state index contributed by atoms with van der Waals surface area (Å²) in [7, 11) is 0. The Balaban J connectivity index is 1.46. The Morgan fingerprint density at radius 1 is 1.21 bits per heavy atom. The Bertz CT molecular complexity index is 1160. The van der Waals surface area contributed by atoms with Gasteiger partial charge in [-0.2, -0.15) is 5.10 Å². The first-order valence-electron chi connectivity index (χ1n) is 9.05. The topological polar surface area (TPSA) is 104 Å². The van der Waals surface area contributed by atoms with Crippen molar-refractivity contribution in [2.75, 3.05) is 5.32 Å². The molecule has 2 heterocycles. The summed E-state index contributed by atoms with van der Waals surface area (Å²) in [5.74, 6) is 0.467. The molecule has 2 aromatic carbocycles. The largest absolute Gasteiger partial charge is 0.389 e. The molecule has 1 atom stereocenters. The first-order chi connectivity index (χ1) is 14.1. The first kappa shape index (κ1) is 19.1. The van der Waals surface area contributed by atoms with Crippen LogP contribution in [0, 0.1) is 0 Å². The van der Waals surface area contributed by atoms with Gasteiger partial charge in [0.05, 0.1) is 17.7 Å². The van der Waals surface area contributed by atoms with E-state index in [0.29, 0.717) is 22.7 Å². The quantitative estimate of drug-likeness (QED) is 0.331. The van der Waals surface area contributed by atoms with Crippen LogP contribution in [-0.4, -0.2) is 31.2 Å². The van der Waals surface area contributed by atoms with Crippen molar-refractivity contribution >= 4 is 34.4 Å². The molecule has 7 nitrogen and oxygen atoms in total. The van der Waals surface area contributed by atoms with Crippen molar-refractivity contribution in [3.05, 3.63) is 77.7 Å². The van der Waals surface area contributed by atoms with Crippen LogP contribution in [0.5, 0.6) is 0 Å². The number of aliphatic hydroxyl groups is 1. The van der Waals surface area contributed by atoms with E-state index in [9.17, 15) is 9.90 Å². The lowest BCUT2D eigenvalue weighted by Gasteiger charge is -2.10. The molecule has 1 unspecified atom stereocenters. The lowest BCUT2D eigenvalue weighted by molar-refractivity contribution is 0.102. The molecule has 0 aliphatic heterocycles. The van der Waals surface area contributed by atoms with Gasteiger partial charge in [-0.15, -0.1) is 11.8 Å². The molecular formula is C21H19N5O2S. The van der Waals surface area contributed by atoms with E-state index in [1.54, 1.807) is 43.1 Å². The molecule has 2 aromatic heterocycles. The lowest BCUT2D eigenvalue weighted by Crippen LogP contribution is -2.12. The van der Waals surface area contributed by atoms with Gasteiger partial charge in [0, 0.05) is 17.0 Å². The number of hydrogen-bond acceptors (Lipinski definition) is 6. The highest BCUT2D eigenvalue weighted by Crippen LogP contribution is 2.26. The summed E-state index contributed by atoms with van der Waals surface area (Å²) in [6.45, 7) is 1.69.